The minimum absolute atomic E-state index is 0.137. The molecule has 0 amide bonds. The topological polar surface area (TPSA) is 27.1 Å². The summed E-state index contributed by atoms with van der Waals surface area (Å²) in [7, 11) is 0. The molecule has 0 saturated carbocycles. The average molecular weight is 397 g/mol. The van der Waals surface area contributed by atoms with E-state index in [1.807, 2.05) is 30.3 Å². The summed E-state index contributed by atoms with van der Waals surface area (Å²) in [6.07, 6.45) is 4.32. The summed E-state index contributed by atoms with van der Waals surface area (Å²) in [5.74, 6) is 1.79. The standard InChI is InChI=1S/C27H28N2O/c1-27(2,3)22-15-17-23(18-16-22)30-20-26-28-24-13-7-8-14-25(24)29(26)19-9-12-21-10-5-4-6-11-21/h4-18H,19-20H2,1-3H3. The van der Waals surface area contributed by atoms with E-state index in [0.717, 1.165) is 29.2 Å². The zero-order chi connectivity index (χ0) is 21.0. The Kier molecular flexibility index (Phi) is 5.71. The summed E-state index contributed by atoms with van der Waals surface area (Å²) in [4.78, 5) is 4.81. The molecule has 0 aliphatic carbocycles. The first-order chi connectivity index (χ1) is 14.5. The highest BCUT2D eigenvalue weighted by molar-refractivity contribution is 5.76. The van der Waals surface area contributed by atoms with Crippen molar-refractivity contribution >= 4 is 17.1 Å². The summed E-state index contributed by atoms with van der Waals surface area (Å²) in [6, 6.07) is 27.0. The van der Waals surface area contributed by atoms with Gasteiger partial charge < -0.3 is 9.30 Å². The van der Waals surface area contributed by atoms with Gasteiger partial charge in [-0.05, 0) is 40.8 Å². The van der Waals surface area contributed by atoms with Gasteiger partial charge in [0.05, 0.1) is 11.0 Å². The number of fused-ring (bicyclic) bond motifs is 1. The van der Waals surface area contributed by atoms with Crippen LogP contribution in [0, 0.1) is 0 Å². The molecule has 0 atom stereocenters. The first-order valence-electron chi connectivity index (χ1n) is 10.4. The number of rotatable bonds is 6. The fourth-order valence-corrected chi connectivity index (χ4v) is 3.50. The van der Waals surface area contributed by atoms with E-state index in [1.54, 1.807) is 0 Å². The third kappa shape index (κ3) is 4.62. The Morgan fingerprint density at radius 2 is 1.57 bits per heavy atom. The van der Waals surface area contributed by atoms with Crippen LogP contribution in [0.15, 0.2) is 84.9 Å². The summed E-state index contributed by atoms with van der Waals surface area (Å²) in [6.45, 7) is 7.83. The molecule has 1 aromatic heterocycles. The normalized spacial score (nSPS) is 12.0. The van der Waals surface area contributed by atoms with Gasteiger partial charge in [-0.25, -0.2) is 4.98 Å². The highest BCUT2D eigenvalue weighted by atomic mass is 16.5. The molecule has 1 heterocycles. The molecule has 4 aromatic rings. The van der Waals surface area contributed by atoms with Crippen molar-refractivity contribution in [1.29, 1.82) is 0 Å². The number of benzene rings is 3. The molecule has 0 spiro atoms. The molecule has 0 aliphatic rings. The number of para-hydroxylation sites is 2. The SMILES string of the molecule is CC(C)(C)c1ccc(OCc2nc3ccccc3n2CC=Cc2ccccc2)cc1. The highest BCUT2D eigenvalue weighted by Gasteiger charge is 2.14. The van der Waals surface area contributed by atoms with Crippen LogP contribution in [0.4, 0.5) is 0 Å². The molecule has 4 rings (SSSR count). The van der Waals surface area contributed by atoms with Crippen LogP contribution in [0.1, 0.15) is 37.7 Å². The maximum atomic E-state index is 6.09. The Morgan fingerprint density at radius 3 is 2.30 bits per heavy atom. The van der Waals surface area contributed by atoms with Gasteiger partial charge >= 0.3 is 0 Å². The van der Waals surface area contributed by atoms with Crippen molar-refractivity contribution in [3.8, 4) is 5.75 Å². The van der Waals surface area contributed by atoms with Crippen molar-refractivity contribution in [3.63, 3.8) is 0 Å². The van der Waals surface area contributed by atoms with E-state index in [2.05, 4.69) is 86.0 Å². The number of hydrogen-bond donors (Lipinski definition) is 0. The van der Waals surface area contributed by atoms with Crippen LogP contribution in [0.5, 0.6) is 5.75 Å². The summed E-state index contributed by atoms with van der Waals surface area (Å²) in [5, 5.41) is 0. The summed E-state index contributed by atoms with van der Waals surface area (Å²) >= 11 is 0. The number of ether oxygens (including phenoxy) is 1. The third-order valence-electron chi connectivity index (χ3n) is 5.22. The van der Waals surface area contributed by atoms with Crippen LogP contribution in [0.3, 0.4) is 0 Å². The van der Waals surface area contributed by atoms with Crippen LogP contribution >= 0.6 is 0 Å². The Labute approximate surface area is 178 Å². The van der Waals surface area contributed by atoms with Gasteiger partial charge in [0.1, 0.15) is 18.2 Å². The quantitative estimate of drug-likeness (QED) is 0.366. The lowest BCUT2D eigenvalue weighted by molar-refractivity contribution is 0.291. The fourth-order valence-electron chi connectivity index (χ4n) is 3.50. The lowest BCUT2D eigenvalue weighted by Crippen LogP contribution is -2.10. The molecule has 0 N–H and O–H groups in total. The van der Waals surface area contributed by atoms with E-state index in [4.69, 9.17) is 9.72 Å². The first kappa shape index (κ1) is 20.0. The minimum atomic E-state index is 0.137. The molecule has 0 bridgehead atoms. The van der Waals surface area contributed by atoms with Gasteiger partial charge in [-0.3, -0.25) is 0 Å². The molecule has 30 heavy (non-hydrogen) atoms. The van der Waals surface area contributed by atoms with Gasteiger partial charge in [-0.2, -0.15) is 0 Å². The minimum Gasteiger partial charge on any atom is -0.486 e. The molecule has 0 radical (unpaired) electrons. The molecule has 0 aliphatic heterocycles. The van der Waals surface area contributed by atoms with Crippen molar-refractivity contribution < 1.29 is 4.74 Å². The van der Waals surface area contributed by atoms with Gasteiger partial charge in [0, 0.05) is 6.54 Å². The smallest absolute Gasteiger partial charge is 0.148 e. The van der Waals surface area contributed by atoms with Crippen LogP contribution < -0.4 is 4.74 Å². The summed E-state index contributed by atoms with van der Waals surface area (Å²) < 4.78 is 8.31. The van der Waals surface area contributed by atoms with Crippen molar-refractivity contribution in [2.45, 2.75) is 39.3 Å². The number of imidazole rings is 1. The second-order valence-electron chi connectivity index (χ2n) is 8.50. The third-order valence-corrected chi connectivity index (χ3v) is 5.22. The Bertz CT molecular complexity index is 1130. The van der Waals surface area contributed by atoms with Crippen molar-refractivity contribution in [2.24, 2.45) is 0 Å². The maximum absolute atomic E-state index is 6.09. The second-order valence-corrected chi connectivity index (χ2v) is 8.50. The molecule has 0 unspecified atom stereocenters. The lowest BCUT2D eigenvalue weighted by atomic mass is 9.87. The molecule has 3 heteroatoms. The fraction of sp³-hybridized carbons (Fsp3) is 0.222. The van der Waals surface area contributed by atoms with Gasteiger partial charge in [-0.15, -0.1) is 0 Å². The van der Waals surface area contributed by atoms with E-state index in [0.29, 0.717) is 6.61 Å². The second kappa shape index (κ2) is 8.58. The monoisotopic (exact) mass is 396 g/mol. The van der Waals surface area contributed by atoms with Crippen LogP contribution in [0.25, 0.3) is 17.1 Å². The van der Waals surface area contributed by atoms with E-state index in [-0.39, 0.29) is 5.41 Å². The van der Waals surface area contributed by atoms with Crippen LogP contribution in [-0.4, -0.2) is 9.55 Å². The number of allylic oxidation sites excluding steroid dienone is 1. The average Bonchev–Trinajstić information content (AvgIpc) is 3.10. The predicted octanol–water partition coefficient (Wildman–Crippen LogP) is 6.63. The number of nitrogens with zero attached hydrogens (tertiary/aromatic N) is 2. The van der Waals surface area contributed by atoms with Crippen LogP contribution in [-0.2, 0) is 18.6 Å². The number of aromatic nitrogens is 2. The van der Waals surface area contributed by atoms with Crippen molar-refractivity contribution in [3.05, 3.63) is 102 Å². The maximum Gasteiger partial charge on any atom is 0.148 e. The van der Waals surface area contributed by atoms with Gasteiger partial charge in [-0.1, -0.05) is 87.5 Å². The molecule has 152 valence electrons. The molecular weight excluding hydrogens is 368 g/mol. The predicted molar refractivity (Wildman–Crippen MR) is 125 cm³/mol. The highest BCUT2D eigenvalue weighted by Crippen LogP contribution is 2.25. The zero-order valence-electron chi connectivity index (χ0n) is 17.9. The van der Waals surface area contributed by atoms with E-state index < -0.39 is 0 Å². The molecule has 0 fully saturated rings. The molecule has 3 nitrogen and oxygen atoms in total. The lowest BCUT2D eigenvalue weighted by Gasteiger charge is -2.19. The van der Waals surface area contributed by atoms with Crippen molar-refractivity contribution in [1.82, 2.24) is 9.55 Å². The molecular formula is C27H28N2O. The zero-order valence-corrected chi connectivity index (χ0v) is 17.9. The Hall–Kier alpha value is -3.33. The van der Waals surface area contributed by atoms with Gasteiger partial charge in [0.25, 0.3) is 0 Å². The van der Waals surface area contributed by atoms with Gasteiger partial charge in [0.15, 0.2) is 0 Å². The Balaban J connectivity index is 1.53. The van der Waals surface area contributed by atoms with E-state index >= 15 is 0 Å². The largest absolute Gasteiger partial charge is 0.486 e. The first-order valence-corrected chi connectivity index (χ1v) is 10.4. The molecule has 0 saturated heterocycles. The Morgan fingerprint density at radius 1 is 0.867 bits per heavy atom. The number of hydrogen-bond acceptors (Lipinski definition) is 2. The van der Waals surface area contributed by atoms with Crippen molar-refractivity contribution in [2.75, 3.05) is 0 Å². The molecule has 3 aromatic carbocycles. The van der Waals surface area contributed by atoms with Crippen LogP contribution in [0.2, 0.25) is 0 Å². The van der Waals surface area contributed by atoms with E-state index in [9.17, 15) is 0 Å². The van der Waals surface area contributed by atoms with Gasteiger partial charge in [0.2, 0.25) is 0 Å². The van der Waals surface area contributed by atoms with E-state index in [1.165, 1.54) is 11.1 Å². The summed E-state index contributed by atoms with van der Waals surface area (Å²) in [5.41, 5.74) is 4.74.